The highest BCUT2D eigenvalue weighted by atomic mass is 28.2. The van der Waals surface area contributed by atoms with Gasteiger partial charge in [-0.1, -0.05) is 24.3 Å². The summed E-state index contributed by atoms with van der Waals surface area (Å²) in [5.74, 6) is 0. The summed E-state index contributed by atoms with van der Waals surface area (Å²) in [4.78, 5) is 0. The van der Waals surface area contributed by atoms with Crippen molar-refractivity contribution in [2.24, 2.45) is 0 Å². The Kier molecular flexibility index (Phi) is 1.89. The summed E-state index contributed by atoms with van der Waals surface area (Å²) < 4.78 is 5.56. The minimum absolute atomic E-state index is 0.120. The number of rotatable bonds is 2. The predicted octanol–water partition coefficient (Wildman–Crippen LogP) is 1.70. The molecule has 0 N–H and O–H groups in total. The molecule has 0 radical (unpaired) electrons. The second-order valence-electron chi connectivity index (χ2n) is 3.89. The molecular formula is C11H14OSi. The van der Waals surface area contributed by atoms with E-state index in [0.29, 0.717) is 0 Å². The highest BCUT2D eigenvalue weighted by Crippen LogP contribution is 2.30. The van der Waals surface area contributed by atoms with Crippen LogP contribution in [0.2, 0.25) is 0 Å². The highest BCUT2D eigenvalue weighted by Gasteiger charge is 2.20. The molecule has 2 rings (SSSR count). The molecule has 0 atom stereocenters. The molecule has 0 amide bonds. The molecule has 0 saturated heterocycles. The zero-order valence-electron chi connectivity index (χ0n) is 8.29. The number of hydrogen-bond acceptors (Lipinski definition) is 1. The SMILES string of the molecule is CC(C)(O[SiH3])c1ccc2c(c1)C=C2. The molecule has 0 saturated carbocycles. The van der Waals surface area contributed by atoms with E-state index in [4.69, 9.17) is 4.43 Å². The molecule has 0 bridgehead atoms. The van der Waals surface area contributed by atoms with E-state index >= 15 is 0 Å². The van der Waals surface area contributed by atoms with Crippen LogP contribution in [0.4, 0.5) is 0 Å². The van der Waals surface area contributed by atoms with Crippen molar-refractivity contribution in [1.82, 2.24) is 0 Å². The van der Waals surface area contributed by atoms with Crippen molar-refractivity contribution >= 4 is 22.6 Å². The zero-order valence-corrected chi connectivity index (χ0v) is 10.3. The van der Waals surface area contributed by atoms with E-state index in [1.807, 2.05) is 0 Å². The second-order valence-corrected chi connectivity index (χ2v) is 4.30. The lowest BCUT2D eigenvalue weighted by molar-refractivity contribution is 0.123. The van der Waals surface area contributed by atoms with E-state index in [1.165, 1.54) is 16.7 Å². The lowest BCUT2D eigenvalue weighted by Gasteiger charge is -2.26. The summed E-state index contributed by atoms with van der Waals surface area (Å²) in [5.41, 5.74) is 3.83. The summed E-state index contributed by atoms with van der Waals surface area (Å²) in [6.45, 7) is 4.23. The molecule has 68 valence electrons. The van der Waals surface area contributed by atoms with Gasteiger partial charge in [-0.15, -0.1) is 0 Å². The Labute approximate surface area is 82.0 Å². The first kappa shape index (κ1) is 8.72. The van der Waals surface area contributed by atoms with Gasteiger partial charge in [0.05, 0.1) is 5.60 Å². The van der Waals surface area contributed by atoms with Crippen LogP contribution >= 0.6 is 0 Å². The summed E-state index contributed by atoms with van der Waals surface area (Å²) in [7, 11) is 0.778. The zero-order chi connectivity index (χ0) is 9.47. The highest BCUT2D eigenvalue weighted by molar-refractivity contribution is 5.98. The lowest BCUT2D eigenvalue weighted by Crippen LogP contribution is -2.20. The third-order valence-corrected chi connectivity index (χ3v) is 3.76. The van der Waals surface area contributed by atoms with Gasteiger partial charge in [0.2, 0.25) is 0 Å². The summed E-state index contributed by atoms with van der Waals surface area (Å²) in [6.07, 6.45) is 4.27. The molecule has 0 unspecified atom stereocenters. The monoisotopic (exact) mass is 190 g/mol. The largest absolute Gasteiger partial charge is 0.419 e. The molecule has 0 aromatic heterocycles. The molecular weight excluding hydrogens is 176 g/mol. The average molecular weight is 190 g/mol. The van der Waals surface area contributed by atoms with Gasteiger partial charge in [0, 0.05) is 0 Å². The van der Waals surface area contributed by atoms with E-state index in [1.54, 1.807) is 0 Å². The lowest BCUT2D eigenvalue weighted by atomic mass is 9.90. The summed E-state index contributed by atoms with van der Waals surface area (Å²) in [5, 5.41) is 0. The Morgan fingerprint density at radius 3 is 2.31 bits per heavy atom. The molecule has 2 heteroatoms. The minimum Gasteiger partial charge on any atom is -0.419 e. The first-order chi connectivity index (χ1) is 6.13. The van der Waals surface area contributed by atoms with Crippen LogP contribution in [0.5, 0.6) is 0 Å². The fraction of sp³-hybridized carbons (Fsp3) is 0.273. The van der Waals surface area contributed by atoms with Crippen molar-refractivity contribution in [3.8, 4) is 0 Å². The molecule has 13 heavy (non-hydrogen) atoms. The third-order valence-electron chi connectivity index (χ3n) is 2.73. The van der Waals surface area contributed by atoms with Crippen LogP contribution in [0, 0.1) is 0 Å². The minimum atomic E-state index is -0.120. The third kappa shape index (κ3) is 1.36. The standard InChI is InChI=1S/C11H14OSi/c1-11(2,12-13)10-6-5-8-3-4-9(8)7-10/h3-7H,1-2,13H3. The van der Waals surface area contributed by atoms with Crippen molar-refractivity contribution in [3.63, 3.8) is 0 Å². The van der Waals surface area contributed by atoms with Gasteiger partial charge in [-0.25, -0.2) is 0 Å². The number of benzene rings is 1. The second kappa shape index (κ2) is 2.82. The maximum absolute atomic E-state index is 5.56. The van der Waals surface area contributed by atoms with Gasteiger partial charge in [-0.2, -0.15) is 0 Å². The van der Waals surface area contributed by atoms with Crippen molar-refractivity contribution in [2.45, 2.75) is 19.4 Å². The van der Waals surface area contributed by atoms with Crippen LogP contribution in [0.25, 0.3) is 12.2 Å². The van der Waals surface area contributed by atoms with Gasteiger partial charge in [0.1, 0.15) is 10.5 Å². The van der Waals surface area contributed by atoms with E-state index in [-0.39, 0.29) is 5.60 Å². The molecule has 1 nitrogen and oxygen atoms in total. The Hall–Kier alpha value is -0.863. The van der Waals surface area contributed by atoms with E-state index in [2.05, 4.69) is 44.2 Å². The maximum Gasteiger partial charge on any atom is 0.147 e. The van der Waals surface area contributed by atoms with E-state index in [9.17, 15) is 0 Å². The maximum atomic E-state index is 5.56. The average Bonchev–Trinajstić information content (AvgIpc) is 2.07. The van der Waals surface area contributed by atoms with Gasteiger partial charge in [-0.3, -0.25) is 0 Å². The summed E-state index contributed by atoms with van der Waals surface area (Å²) >= 11 is 0. The van der Waals surface area contributed by atoms with Crippen molar-refractivity contribution in [1.29, 1.82) is 0 Å². The van der Waals surface area contributed by atoms with Crippen molar-refractivity contribution in [2.75, 3.05) is 0 Å². The van der Waals surface area contributed by atoms with Gasteiger partial charge in [0.15, 0.2) is 0 Å². The summed E-state index contributed by atoms with van der Waals surface area (Å²) in [6, 6.07) is 6.53. The molecule has 0 heterocycles. The molecule has 0 aliphatic heterocycles. The van der Waals surface area contributed by atoms with Crippen LogP contribution in [-0.2, 0) is 10.0 Å². The van der Waals surface area contributed by atoms with Gasteiger partial charge >= 0.3 is 0 Å². The Bertz CT molecular complexity index is 366. The molecule has 0 spiro atoms. The smallest absolute Gasteiger partial charge is 0.147 e. The molecule has 1 aromatic rings. The van der Waals surface area contributed by atoms with Gasteiger partial charge in [0.25, 0.3) is 0 Å². The van der Waals surface area contributed by atoms with Crippen LogP contribution in [0.3, 0.4) is 0 Å². The van der Waals surface area contributed by atoms with Gasteiger partial charge < -0.3 is 4.43 Å². The Balaban J connectivity index is 2.39. The quantitative estimate of drug-likeness (QED) is 0.655. The Morgan fingerprint density at radius 1 is 1.15 bits per heavy atom. The topological polar surface area (TPSA) is 9.23 Å². The van der Waals surface area contributed by atoms with Crippen LogP contribution < -0.4 is 0 Å². The van der Waals surface area contributed by atoms with E-state index in [0.717, 1.165) is 10.5 Å². The normalized spacial score (nSPS) is 14.0. The van der Waals surface area contributed by atoms with Crippen LogP contribution in [-0.4, -0.2) is 10.5 Å². The predicted molar refractivity (Wildman–Crippen MR) is 59.4 cm³/mol. The van der Waals surface area contributed by atoms with Gasteiger partial charge in [-0.05, 0) is 36.6 Å². The molecule has 1 aromatic carbocycles. The molecule has 1 aliphatic carbocycles. The number of hydrogen-bond donors (Lipinski definition) is 0. The van der Waals surface area contributed by atoms with Crippen molar-refractivity contribution in [3.05, 3.63) is 34.9 Å². The Morgan fingerprint density at radius 2 is 1.85 bits per heavy atom. The van der Waals surface area contributed by atoms with Crippen LogP contribution in [0.15, 0.2) is 18.2 Å². The number of fused-ring (bicyclic) bond motifs is 1. The fourth-order valence-corrected chi connectivity index (χ4v) is 1.68. The van der Waals surface area contributed by atoms with Crippen LogP contribution in [0.1, 0.15) is 30.5 Å². The first-order valence-electron chi connectivity index (χ1n) is 4.51. The first-order valence-corrected chi connectivity index (χ1v) is 5.33. The van der Waals surface area contributed by atoms with E-state index < -0.39 is 0 Å². The van der Waals surface area contributed by atoms with Crippen molar-refractivity contribution < 1.29 is 4.43 Å². The molecule has 1 aliphatic rings. The molecule has 0 fully saturated rings. The fourth-order valence-electron chi connectivity index (χ4n) is 1.45.